The van der Waals surface area contributed by atoms with E-state index in [1.165, 1.54) is 5.57 Å². The fourth-order valence-electron chi connectivity index (χ4n) is 1.51. The first-order chi connectivity index (χ1) is 8.76. The zero-order valence-electron chi connectivity index (χ0n) is 11.1. The van der Waals surface area contributed by atoms with Crippen LogP contribution in [-0.2, 0) is 4.74 Å². The van der Waals surface area contributed by atoms with Crippen LogP contribution in [0.5, 0.6) is 0 Å². The Bertz CT molecular complexity index is 376. The quantitative estimate of drug-likeness (QED) is 0.718. The number of methoxy groups -OCH3 is 1. The molecule has 1 unspecified atom stereocenters. The third kappa shape index (κ3) is 5.59. The van der Waals surface area contributed by atoms with E-state index in [0.29, 0.717) is 5.95 Å². The maximum atomic E-state index is 5.23. The zero-order valence-corrected chi connectivity index (χ0v) is 11.1. The Kier molecular flexibility index (Phi) is 6.72. The summed E-state index contributed by atoms with van der Waals surface area (Å²) in [4.78, 5) is 8.21. The topological polar surface area (TPSA) is 47.0 Å². The van der Waals surface area contributed by atoms with Gasteiger partial charge in [-0.05, 0) is 25.8 Å². The van der Waals surface area contributed by atoms with Gasteiger partial charge in [-0.15, -0.1) is 6.58 Å². The molecule has 0 saturated carbocycles. The summed E-state index contributed by atoms with van der Waals surface area (Å²) in [7, 11) is 1.71. The highest BCUT2D eigenvalue weighted by Gasteiger charge is 1.99. The average molecular weight is 247 g/mol. The molecule has 1 rings (SSSR count). The lowest BCUT2D eigenvalue weighted by Crippen LogP contribution is -2.07. The second-order valence-corrected chi connectivity index (χ2v) is 4.06. The number of aromatic nitrogens is 2. The molecule has 0 amide bonds. The first kappa shape index (κ1) is 14.4. The van der Waals surface area contributed by atoms with Crippen LogP contribution in [0, 0.1) is 0 Å². The monoisotopic (exact) mass is 247 g/mol. The summed E-state index contributed by atoms with van der Waals surface area (Å²) in [6.45, 7) is 6.58. The van der Waals surface area contributed by atoms with Gasteiger partial charge >= 0.3 is 0 Å². The summed E-state index contributed by atoms with van der Waals surface area (Å²) in [5, 5.41) is 3.17. The molecule has 0 aliphatic carbocycles. The van der Waals surface area contributed by atoms with Gasteiger partial charge in [-0.3, -0.25) is 0 Å². The van der Waals surface area contributed by atoms with Crippen molar-refractivity contribution >= 4 is 5.95 Å². The predicted octanol–water partition coefficient (Wildman–Crippen LogP) is 2.82. The molecule has 1 N–H and O–H groups in total. The highest BCUT2D eigenvalue weighted by molar-refractivity contribution is 5.25. The SMILES string of the molecule is C=CC(CC/C=C(/C)CNc1ncccn1)OC. The highest BCUT2D eigenvalue weighted by atomic mass is 16.5. The van der Waals surface area contributed by atoms with Gasteiger partial charge in [-0.25, -0.2) is 9.97 Å². The van der Waals surface area contributed by atoms with E-state index in [-0.39, 0.29) is 6.10 Å². The lowest BCUT2D eigenvalue weighted by Gasteiger charge is -2.09. The van der Waals surface area contributed by atoms with Gasteiger partial charge in [0, 0.05) is 26.0 Å². The average Bonchev–Trinajstić information content (AvgIpc) is 2.42. The molecule has 0 aromatic carbocycles. The molecule has 0 bridgehead atoms. The largest absolute Gasteiger partial charge is 0.377 e. The minimum Gasteiger partial charge on any atom is -0.377 e. The maximum absolute atomic E-state index is 5.23. The smallest absolute Gasteiger partial charge is 0.222 e. The van der Waals surface area contributed by atoms with Crippen LogP contribution < -0.4 is 5.32 Å². The number of rotatable bonds is 8. The predicted molar refractivity (Wildman–Crippen MR) is 74.5 cm³/mol. The Morgan fingerprint density at radius 3 is 2.83 bits per heavy atom. The van der Waals surface area contributed by atoms with Crippen molar-refractivity contribution in [3.05, 3.63) is 42.8 Å². The van der Waals surface area contributed by atoms with Crippen LogP contribution in [0.15, 0.2) is 42.8 Å². The first-order valence-electron chi connectivity index (χ1n) is 6.08. The van der Waals surface area contributed by atoms with Gasteiger partial charge in [0.25, 0.3) is 0 Å². The van der Waals surface area contributed by atoms with Crippen LogP contribution >= 0.6 is 0 Å². The number of hydrogen-bond acceptors (Lipinski definition) is 4. The summed E-state index contributed by atoms with van der Waals surface area (Å²) in [6, 6.07) is 1.80. The normalized spacial score (nSPS) is 13.1. The Labute approximate surface area is 109 Å². The van der Waals surface area contributed by atoms with Crippen molar-refractivity contribution < 1.29 is 4.74 Å². The summed E-state index contributed by atoms with van der Waals surface area (Å²) >= 11 is 0. The molecule has 4 nitrogen and oxygen atoms in total. The molecular weight excluding hydrogens is 226 g/mol. The van der Waals surface area contributed by atoms with E-state index in [1.807, 2.05) is 6.08 Å². The second kappa shape index (κ2) is 8.42. The molecule has 4 heteroatoms. The van der Waals surface area contributed by atoms with Crippen molar-refractivity contribution in [2.75, 3.05) is 19.0 Å². The summed E-state index contributed by atoms with van der Waals surface area (Å²) < 4.78 is 5.23. The van der Waals surface area contributed by atoms with Gasteiger partial charge in [0.05, 0.1) is 6.10 Å². The minimum absolute atomic E-state index is 0.138. The number of hydrogen-bond donors (Lipinski definition) is 1. The molecular formula is C14H21N3O. The minimum atomic E-state index is 0.138. The van der Waals surface area contributed by atoms with E-state index in [1.54, 1.807) is 25.6 Å². The van der Waals surface area contributed by atoms with Crippen LogP contribution in [0.4, 0.5) is 5.95 Å². The van der Waals surface area contributed by atoms with Crippen molar-refractivity contribution in [1.82, 2.24) is 9.97 Å². The van der Waals surface area contributed by atoms with Crippen LogP contribution in [0.1, 0.15) is 19.8 Å². The van der Waals surface area contributed by atoms with Crippen LogP contribution in [0.25, 0.3) is 0 Å². The number of allylic oxidation sites excluding steroid dienone is 1. The Morgan fingerprint density at radius 2 is 2.22 bits per heavy atom. The third-order valence-electron chi connectivity index (χ3n) is 2.60. The van der Waals surface area contributed by atoms with Crippen molar-refractivity contribution in [3.63, 3.8) is 0 Å². The van der Waals surface area contributed by atoms with Crippen LogP contribution in [-0.4, -0.2) is 29.7 Å². The van der Waals surface area contributed by atoms with Crippen molar-refractivity contribution in [2.24, 2.45) is 0 Å². The van der Waals surface area contributed by atoms with Gasteiger partial charge in [0.2, 0.25) is 5.95 Å². The Balaban J connectivity index is 2.28. The highest BCUT2D eigenvalue weighted by Crippen LogP contribution is 2.06. The van der Waals surface area contributed by atoms with E-state index in [9.17, 15) is 0 Å². The summed E-state index contributed by atoms with van der Waals surface area (Å²) in [5.74, 6) is 0.658. The molecule has 1 aromatic rings. The first-order valence-corrected chi connectivity index (χ1v) is 6.08. The molecule has 0 radical (unpaired) electrons. The molecule has 18 heavy (non-hydrogen) atoms. The van der Waals surface area contributed by atoms with E-state index in [4.69, 9.17) is 4.74 Å². The molecule has 0 spiro atoms. The van der Waals surface area contributed by atoms with Gasteiger partial charge < -0.3 is 10.1 Å². The summed E-state index contributed by atoms with van der Waals surface area (Å²) in [6.07, 6.45) is 9.56. The van der Waals surface area contributed by atoms with E-state index < -0.39 is 0 Å². The molecule has 1 heterocycles. The molecule has 0 aliphatic heterocycles. The molecule has 1 atom stereocenters. The fraction of sp³-hybridized carbons (Fsp3) is 0.429. The van der Waals surface area contributed by atoms with Crippen molar-refractivity contribution in [2.45, 2.75) is 25.9 Å². The lowest BCUT2D eigenvalue weighted by molar-refractivity contribution is 0.135. The maximum Gasteiger partial charge on any atom is 0.222 e. The molecule has 0 fully saturated rings. The van der Waals surface area contributed by atoms with Gasteiger partial charge in [-0.2, -0.15) is 0 Å². The Hall–Kier alpha value is -1.68. The van der Waals surface area contributed by atoms with Crippen molar-refractivity contribution in [1.29, 1.82) is 0 Å². The van der Waals surface area contributed by atoms with E-state index >= 15 is 0 Å². The third-order valence-corrected chi connectivity index (χ3v) is 2.60. The van der Waals surface area contributed by atoms with Gasteiger partial charge in [-0.1, -0.05) is 17.7 Å². The van der Waals surface area contributed by atoms with Gasteiger partial charge in [0.15, 0.2) is 0 Å². The fourth-order valence-corrected chi connectivity index (χ4v) is 1.51. The molecule has 1 aromatic heterocycles. The van der Waals surface area contributed by atoms with E-state index in [2.05, 4.69) is 34.9 Å². The number of nitrogens with one attached hydrogen (secondary N) is 1. The van der Waals surface area contributed by atoms with Crippen LogP contribution in [0.3, 0.4) is 0 Å². The summed E-state index contributed by atoms with van der Waals surface area (Å²) in [5.41, 5.74) is 1.27. The van der Waals surface area contributed by atoms with E-state index in [0.717, 1.165) is 19.4 Å². The molecule has 98 valence electrons. The Morgan fingerprint density at radius 1 is 1.50 bits per heavy atom. The zero-order chi connectivity index (χ0) is 13.2. The second-order valence-electron chi connectivity index (χ2n) is 4.06. The van der Waals surface area contributed by atoms with Gasteiger partial charge in [0.1, 0.15) is 0 Å². The molecule has 0 saturated heterocycles. The number of nitrogens with zero attached hydrogens (tertiary/aromatic N) is 2. The lowest BCUT2D eigenvalue weighted by atomic mass is 10.1. The van der Waals surface area contributed by atoms with Crippen LogP contribution in [0.2, 0.25) is 0 Å². The standard InChI is InChI=1S/C14H21N3O/c1-4-13(18-3)8-5-7-12(2)11-17-14-15-9-6-10-16-14/h4,6-7,9-10,13H,1,5,8,11H2,2-3H3,(H,15,16,17)/b12-7-. The van der Waals surface area contributed by atoms with Crippen molar-refractivity contribution in [3.8, 4) is 0 Å². The molecule has 0 aliphatic rings. The number of anilines is 1. The number of ether oxygens (including phenoxy) is 1.